The van der Waals surface area contributed by atoms with Gasteiger partial charge in [0.25, 0.3) is 5.91 Å². The van der Waals surface area contributed by atoms with Gasteiger partial charge in [-0.25, -0.2) is 4.39 Å². The normalized spacial score (nSPS) is 11.3. The third-order valence-electron chi connectivity index (χ3n) is 5.96. The first kappa shape index (κ1) is 30.2. The van der Waals surface area contributed by atoms with E-state index in [4.69, 9.17) is 13.8 Å². The van der Waals surface area contributed by atoms with Crippen LogP contribution in [0.25, 0.3) is 11.1 Å². The number of hydrogen-bond donors (Lipinski definition) is 1. The summed E-state index contributed by atoms with van der Waals surface area (Å²) >= 11 is 0. The highest BCUT2D eigenvalue weighted by atomic mass is 31.2. The summed E-state index contributed by atoms with van der Waals surface area (Å²) in [7, 11) is -3.12. The summed E-state index contributed by atoms with van der Waals surface area (Å²) in [6.07, 6.45) is 2.27. The Labute approximate surface area is 229 Å². The third kappa shape index (κ3) is 9.13. The number of amides is 1. The highest BCUT2D eigenvalue weighted by Gasteiger charge is 2.22. The minimum atomic E-state index is -3.12. The molecule has 0 radical (unpaired) electrons. The smallest absolute Gasteiger partial charge is 0.330 e. The van der Waals surface area contributed by atoms with E-state index >= 15 is 0 Å². The Bertz CT molecular complexity index is 1300. The van der Waals surface area contributed by atoms with Crippen molar-refractivity contribution in [2.24, 2.45) is 0 Å². The van der Waals surface area contributed by atoms with Gasteiger partial charge < -0.3 is 19.1 Å². The largest absolute Gasteiger partial charge is 0.491 e. The number of unbranched alkanes of at least 4 members (excludes halogenated alkanes) is 1. The van der Waals surface area contributed by atoms with Crippen LogP contribution in [0.5, 0.6) is 5.75 Å². The van der Waals surface area contributed by atoms with E-state index in [1.165, 1.54) is 12.1 Å². The van der Waals surface area contributed by atoms with Crippen molar-refractivity contribution < 1.29 is 32.3 Å². The van der Waals surface area contributed by atoms with E-state index in [2.05, 4.69) is 11.4 Å². The van der Waals surface area contributed by atoms with Gasteiger partial charge >= 0.3 is 7.60 Å². The molecule has 3 rings (SSSR count). The minimum Gasteiger partial charge on any atom is -0.491 e. The van der Waals surface area contributed by atoms with Crippen molar-refractivity contribution in [1.82, 2.24) is 0 Å². The second kappa shape index (κ2) is 14.7. The van der Waals surface area contributed by atoms with Crippen LogP contribution >= 0.6 is 7.60 Å². The molecule has 0 aromatic heterocycles. The number of carbonyl (C=O) groups excluding carboxylic acids is 2. The molecule has 0 aliphatic heterocycles. The summed E-state index contributed by atoms with van der Waals surface area (Å²) in [5.74, 6) is -0.595. The van der Waals surface area contributed by atoms with Gasteiger partial charge in [0.2, 0.25) is 6.29 Å². The summed E-state index contributed by atoms with van der Waals surface area (Å²) in [4.78, 5) is 22.8. The van der Waals surface area contributed by atoms with Gasteiger partial charge in [0.05, 0.1) is 31.7 Å². The van der Waals surface area contributed by atoms with Crippen LogP contribution in [-0.2, 0) is 29.6 Å². The lowest BCUT2D eigenvalue weighted by molar-refractivity contribution is -0.127. The molecule has 3 aromatic carbocycles. The van der Waals surface area contributed by atoms with E-state index in [0.717, 1.165) is 27.8 Å². The number of ether oxygens (including phenoxy) is 1. The van der Waals surface area contributed by atoms with Crippen molar-refractivity contribution in [3.05, 3.63) is 83.2 Å². The Morgan fingerprint density at radius 1 is 0.949 bits per heavy atom. The molecule has 0 unspecified atom stereocenters. The van der Waals surface area contributed by atoms with Crippen molar-refractivity contribution in [3.63, 3.8) is 0 Å². The van der Waals surface area contributed by atoms with E-state index in [-0.39, 0.29) is 18.3 Å². The van der Waals surface area contributed by atoms with Gasteiger partial charge in [0.1, 0.15) is 11.6 Å². The molecule has 0 fully saturated rings. The van der Waals surface area contributed by atoms with Gasteiger partial charge in [-0.15, -0.1) is 0 Å². The molecular weight excluding hydrogens is 520 g/mol. The number of nitrogens with one attached hydrogen (secondary N) is 1. The predicted octanol–water partition coefficient (Wildman–Crippen LogP) is 6.95. The van der Waals surface area contributed by atoms with Gasteiger partial charge in [0.15, 0.2) is 0 Å². The quantitative estimate of drug-likeness (QED) is 0.0944. The van der Waals surface area contributed by atoms with Crippen LogP contribution in [0.2, 0.25) is 0 Å². The first-order valence-corrected chi connectivity index (χ1v) is 14.7. The molecule has 39 heavy (non-hydrogen) atoms. The fourth-order valence-electron chi connectivity index (χ4n) is 4.24. The lowest BCUT2D eigenvalue weighted by Gasteiger charge is -2.18. The highest BCUT2D eigenvalue weighted by Crippen LogP contribution is 2.48. The Morgan fingerprint density at radius 3 is 2.33 bits per heavy atom. The molecule has 0 aliphatic rings. The van der Waals surface area contributed by atoms with Crippen molar-refractivity contribution in [2.75, 3.05) is 31.3 Å². The standard InChI is InChI=1S/C30H35FNO6P/c1-4-37-39(35,38-5-2)16-7-6-15-36-28-20-24(17-22(3)30(28)32-29(34)21-33)18-23-9-8-10-26(19-23)25-11-13-27(31)14-12-25/h8-14,17,19-21H,4-7,15-16,18H2,1-3H3,(H,32,34). The Hall–Kier alpha value is -3.32. The molecule has 0 bridgehead atoms. The average molecular weight is 556 g/mol. The SMILES string of the molecule is CCOP(=O)(CCCCOc1cc(Cc2cccc(-c3ccc(F)cc3)c2)cc(C)c1NC(=O)C=O)OCC. The zero-order valence-corrected chi connectivity index (χ0v) is 23.5. The van der Waals surface area contributed by atoms with E-state index in [1.807, 2.05) is 37.3 Å². The van der Waals surface area contributed by atoms with Gasteiger partial charge in [-0.05, 0) is 86.1 Å². The first-order valence-electron chi connectivity index (χ1n) is 13.0. The summed E-state index contributed by atoms with van der Waals surface area (Å²) in [5.41, 5.74) is 5.10. The Morgan fingerprint density at radius 2 is 1.67 bits per heavy atom. The van der Waals surface area contributed by atoms with Gasteiger partial charge in [0, 0.05) is 0 Å². The van der Waals surface area contributed by atoms with Crippen molar-refractivity contribution in [2.45, 2.75) is 40.0 Å². The fourth-order valence-corrected chi connectivity index (χ4v) is 5.97. The van der Waals surface area contributed by atoms with Crippen LogP contribution in [-0.4, -0.2) is 38.2 Å². The maximum absolute atomic E-state index is 13.3. The number of anilines is 1. The lowest BCUT2D eigenvalue weighted by atomic mass is 9.97. The number of carbonyl (C=O) groups is 2. The van der Waals surface area contributed by atoms with E-state index in [1.54, 1.807) is 26.0 Å². The number of benzene rings is 3. The second-order valence-electron chi connectivity index (χ2n) is 9.00. The molecule has 0 heterocycles. The van der Waals surface area contributed by atoms with Crippen molar-refractivity contribution in [3.8, 4) is 16.9 Å². The topological polar surface area (TPSA) is 90.9 Å². The van der Waals surface area contributed by atoms with Crippen molar-refractivity contribution in [1.29, 1.82) is 0 Å². The highest BCUT2D eigenvalue weighted by molar-refractivity contribution is 7.53. The maximum atomic E-state index is 13.3. The summed E-state index contributed by atoms with van der Waals surface area (Å²) in [6.45, 7) is 6.33. The van der Waals surface area contributed by atoms with Crippen LogP contribution in [0.3, 0.4) is 0 Å². The van der Waals surface area contributed by atoms with E-state index in [0.29, 0.717) is 50.5 Å². The van der Waals surface area contributed by atoms with Crippen LogP contribution in [0, 0.1) is 12.7 Å². The molecule has 0 aliphatic carbocycles. The van der Waals surface area contributed by atoms with Crippen LogP contribution in [0.1, 0.15) is 43.4 Å². The van der Waals surface area contributed by atoms with E-state index < -0.39 is 13.5 Å². The molecule has 0 saturated heterocycles. The van der Waals surface area contributed by atoms with Gasteiger partial charge in [-0.1, -0.05) is 42.5 Å². The zero-order chi connectivity index (χ0) is 28.3. The van der Waals surface area contributed by atoms with Crippen LogP contribution in [0.4, 0.5) is 10.1 Å². The second-order valence-corrected chi connectivity index (χ2v) is 11.2. The monoisotopic (exact) mass is 555 g/mol. The predicted molar refractivity (Wildman–Crippen MR) is 151 cm³/mol. The van der Waals surface area contributed by atoms with Gasteiger partial charge in [-0.3, -0.25) is 14.2 Å². The zero-order valence-electron chi connectivity index (χ0n) is 22.6. The molecule has 0 saturated carbocycles. The lowest BCUT2D eigenvalue weighted by Crippen LogP contribution is -2.15. The molecule has 9 heteroatoms. The maximum Gasteiger partial charge on any atom is 0.330 e. The van der Waals surface area contributed by atoms with Crippen molar-refractivity contribution >= 4 is 25.5 Å². The Kier molecular flexibility index (Phi) is 11.4. The number of rotatable bonds is 15. The molecule has 1 amide bonds. The number of hydrogen-bond acceptors (Lipinski definition) is 6. The number of halogens is 1. The molecular formula is C30H35FNO6P. The van der Waals surface area contributed by atoms with Crippen LogP contribution in [0.15, 0.2) is 60.7 Å². The molecule has 1 N–H and O–H groups in total. The average Bonchev–Trinajstić information content (AvgIpc) is 2.91. The number of aryl methyl sites for hydroxylation is 1. The van der Waals surface area contributed by atoms with E-state index in [9.17, 15) is 18.5 Å². The van der Waals surface area contributed by atoms with Gasteiger partial charge in [-0.2, -0.15) is 0 Å². The van der Waals surface area contributed by atoms with Crippen LogP contribution < -0.4 is 10.1 Å². The Balaban J connectivity index is 1.75. The molecule has 7 nitrogen and oxygen atoms in total. The third-order valence-corrected chi connectivity index (χ3v) is 8.13. The fraction of sp³-hybridized carbons (Fsp3) is 0.333. The number of aldehydes is 1. The summed E-state index contributed by atoms with van der Waals surface area (Å²) in [6, 6.07) is 18.2. The molecule has 3 aromatic rings. The summed E-state index contributed by atoms with van der Waals surface area (Å²) < 4.78 is 42.7. The molecule has 208 valence electrons. The first-order chi connectivity index (χ1) is 18.8. The minimum absolute atomic E-state index is 0.219. The molecule has 0 spiro atoms. The molecule has 0 atom stereocenters. The summed E-state index contributed by atoms with van der Waals surface area (Å²) in [5, 5.41) is 2.61.